The average molecular weight is 1440 g/mol. The van der Waals surface area contributed by atoms with Gasteiger partial charge in [0.15, 0.2) is 11.4 Å². The Morgan fingerprint density at radius 3 is 1.36 bits per heavy atom. The zero-order valence-electron chi connectivity index (χ0n) is 59.2. The molecule has 6 atom stereocenters. The molecule has 0 bridgehead atoms. The number of halogens is 6. The number of hydrogen-bond acceptors (Lipinski definition) is 17. The van der Waals surface area contributed by atoms with Crippen LogP contribution < -0.4 is 31.0 Å². The first kappa shape index (κ1) is 81.7. The van der Waals surface area contributed by atoms with Gasteiger partial charge in [0.05, 0.1) is 50.0 Å². The highest BCUT2D eigenvalue weighted by molar-refractivity contribution is 6.02. The standard InChI is InChI=1S/C38H45F3N4O7.C38H43F3N4O6/c1-8-16-30(49-23-27-17-12-10-13-18-27)26(4)51-33-25(3)22-29(42-35(48)52-36(5,6)7)31(43-33)32(46)44-45-34(47)37(21-9-2,38(39,40)41)50-24-28-19-14-11-15-20-28;1-8-16-30(47-23-27-17-12-10-13-18-27)26(4)49-32-25(3)22-29(42-35(46)51-36(5,6)7)31(43-32)33-44-45-34(50-33)37(21-9-2,38(39,40)41)48-24-28-19-14-11-15-20-28/h8-15,17-20,22,26,30H,1-2,16,21,23-24H2,3-7H3,(H,42,48)(H,44,46)(H,45,47);8-15,17-20,22,26,30H,1-2,16,21,23-24H2,3-7H3,(H,42,46)/t2*26-,30?,37-/m11/s1. The largest absolute Gasteiger partial charge is 0.472 e. The molecule has 21 nitrogen and oxygen atoms in total. The van der Waals surface area contributed by atoms with Crippen LogP contribution in [0, 0.1) is 13.8 Å². The fourth-order valence-corrected chi connectivity index (χ4v) is 9.76. The number of carbonyl (C=O) groups is 4. The molecule has 3 heterocycles. The van der Waals surface area contributed by atoms with Crippen LogP contribution in [0.2, 0.25) is 0 Å². The molecule has 103 heavy (non-hydrogen) atoms. The van der Waals surface area contributed by atoms with Gasteiger partial charge in [-0.1, -0.05) is 146 Å². The van der Waals surface area contributed by atoms with Gasteiger partial charge in [-0.25, -0.2) is 19.6 Å². The smallest absolute Gasteiger partial charge is 0.427 e. The summed E-state index contributed by atoms with van der Waals surface area (Å²) in [6.07, 6.45) is -9.63. The van der Waals surface area contributed by atoms with Gasteiger partial charge in [0, 0.05) is 24.0 Å². The first-order valence-corrected chi connectivity index (χ1v) is 32.7. The SMILES string of the molecule is C=CCC(OCc1ccccc1)[C@@H](C)Oc1nc(-c2nnc([C@@](CC=C)(OCc3ccccc3)C(F)(F)F)o2)c(NC(=O)OC(C)(C)C)cc1C.C=CCC(OCc1ccccc1)[C@@H](C)Oc1nc(C(=O)NNC(=O)[C@@](CC=C)(OCc2ccccc2)C(F)(F)F)c(NC(=O)OC(C)(C)C)cc1C. The predicted molar refractivity (Wildman–Crippen MR) is 375 cm³/mol. The maximum atomic E-state index is 14.9. The van der Waals surface area contributed by atoms with E-state index in [1.165, 1.54) is 24.3 Å². The monoisotopic (exact) mass is 1430 g/mol. The molecule has 0 spiro atoms. The third kappa shape index (κ3) is 23.9. The number of ether oxygens (including phenoxy) is 8. The maximum absolute atomic E-state index is 14.9. The highest BCUT2D eigenvalue weighted by atomic mass is 19.4. The van der Waals surface area contributed by atoms with Gasteiger partial charge in [0.25, 0.3) is 23.6 Å². The third-order valence-corrected chi connectivity index (χ3v) is 14.9. The molecular formula is C76H88F6N8O13. The van der Waals surface area contributed by atoms with Crippen LogP contribution in [0.3, 0.4) is 0 Å². The van der Waals surface area contributed by atoms with Gasteiger partial charge < -0.3 is 42.3 Å². The Labute approximate surface area is 595 Å². The Morgan fingerprint density at radius 2 is 0.942 bits per heavy atom. The van der Waals surface area contributed by atoms with E-state index in [9.17, 15) is 45.5 Å². The summed E-state index contributed by atoms with van der Waals surface area (Å²) in [4.78, 5) is 61.3. The molecule has 27 heteroatoms. The highest BCUT2D eigenvalue weighted by Gasteiger charge is 2.62. The molecule has 0 saturated heterocycles. The van der Waals surface area contributed by atoms with E-state index in [2.05, 4.69) is 57.1 Å². The molecule has 0 fully saturated rings. The van der Waals surface area contributed by atoms with Gasteiger partial charge >= 0.3 is 24.5 Å². The number of anilines is 2. The molecule has 0 radical (unpaired) electrons. The Morgan fingerprint density at radius 1 is 0.524 bits per heavy atom. The fourth-order valence-electron chi connectivity index (χ4n) is 9.76. The first-order chi connectivity index (χ1) is 48.6. The topological polar surface area (TPSA) is 255 Å². The molecule has 4 N–H and O–H groups in total. The van der Waals surface area contributed by atoms with Gasteiger partial charge in [0.1, 0.15) is 23.4 Å². The summed E-state index contributed by atoms with van der Waals surface area (Å²) in [5.41, 5.74) is -1.57. The van der Waals surface area contributed by atoms with Crippen LogP contribution in [-0.2, 0) is 65.2 Å². The van der Waals surface area contributed by atoms with Gasteiger partial charge in [-0.05, 0) is 116 Å². The maximum Gasteiger partial charge on any atom is 0.427 e. The Kier molecular flexibility index (Phi) is 29.4. The number of rotatable bonds is 32. The first-order valence-electron chi connectivity index (χ1n) is 32.7. The minimum absolute atomic E-state index is 0.0338. The predicted octanol–water partition coefficient (Wildman–Crippen LogP) is 16.8. The van der Waals surface area contributed by atoms with Gasteiger partial charge in [-0.15, -0.1) is 36.5 Å². The molecule has 552 valence electrons. The number of pyridine rings is 2. The lowest BCUT2D eigenvalue weighted by atomic mass is 9.97. The van der Waals surface area contributed by atoms with Crippen LogP contribution >= 0.6 is 0 Å². The molecule has 2 unspecified atom stereocenters. The van der Waals surface area contributed by atoms with Crippen molar-refractivity contribution in [3.8, 4) is 23.3 Å². The van der Waals surface area contributed by atoms with Crippen LogP contribution in [0.4, 0.5) is 47.3 Å². The number of aryl methyl sites for hydroxylation is 2. The Balaban J connectivity index is 0.000000324. The second kappa shape index (κ2) is 37.1. The van der Waals surface area contributed by atoms with Crippen molar-refractivity contribution in [2.75, 3.05) is 10.6 Å². The third-order valence-electron chi connectivity index (χ3n) is 14.9. The van der Waals surface area contributed by atoms with Crippen molar-refractivity contribution in [1.82, 2.24) is 31.0 Å². The average Bonchev–Trinajstić information content (AvgIpc) is 1.73. The van der Waals surface area contributed by atoms with Crippen molar-refractivity contribution in [3.05, 3.63) is 229 Å². The van der Waals surface area contributed by atoms with E-state index < -0.39 is 127 Å². The van der Waals surface area contributed by atoms with Crippen molar-refractivity contribution in [2.45, 2.75) is 181 Å². The van der Waals surface area contributed by atoms with Crippen LogP contribution in [-0.4, -0.2) is 97.7 Å². The van der Waals surface area contributed by atoms with E-state index in [-0.39, 0.29) is 35.4 Å². The molecule has 0 saturated carbocycles. The van der Waals surface area contributed by atoms with Crippen LogP contribution in [0.1, 0.15) is 131 Å². The Hall–Kier alpha value is -10.2. The number of hydrazine groups is 1. The lowest BCUT2D eigenvalue weighted by Crippen LogP contribution is -2.61. The van der Waals surface area contributed by atoms with E-state index >= 15 is 0 Å². The summed E-state index contributed by atoms with van der Waals surface area (Å²) in [6.45, 7) is 30.9. The van der Waals surface area contributed by atoms with E-state index in [0.29, 0.717) is 41.7 Å². The molecule has 0 aliphatic rings. The van der Waals surface area contributed by atoms with Crippen LogP contribution in [0.15, 0.2) is 188 Å². The second-order valence-corrected chi connectivity index (χ2v) is 25.6. The minimum Gasteiger partial charge on any atom is -0.472 e. The quantitative estimate of drug-likeness (QED) is 0.0174. The lowest BCUT2D eigenvalue weighted by Gasteiger charge is -2.33. The number of benzene rings is 4. The van der Waals surface area contributed by atoms with Crippen molar-refractivity contribution < 1.29 is 87.8 Å². The molecule has 4 aromatic carbocycles. The fraction of sp³-hybridized carbons (Fsp3) is 0.368. The van der Waals surface area contributed by atoms with Crippen LogP contribution in [0.25, 0.3) is 11.6 Å². The summed E-state index contributed by atoms with van der Waals surface area (Å²) < 4.78 is 140. The summed E-state index contributed by atoms with van der Waals surface area (Å²) in [5.74, 6) is -4.15. The van der Waals surface area contributed by atoms with E-state index in [4.69, 9.17) is 42.3 Å². The molecule has 7 aromatic rings. The molecule has 0 aliphatic carbocycles. The molecule has 4 amide bonds. The van der Waals surface area contributed by atoms with Crippen molar-refractivity contribution in [1.29, 1.82) is 0 Å². The summed E-state index contributed by atoms with van der Waals surface area (Å²) in [7, 11) is 0. The number of aromatic nitrogens is 4. The van der Waals surface area contributed by atoms with E-state index in [1.54, 1.807) is 130 Å². The number of nitrogens with zero attached hydrogens (tertiary/aromatic N) is 4. The van der Waals surface area contributed by atoms with Crippen molar-refractivity contribution >= 4 is 35.4 Å². The summed E-state index contributed by atoms with van der Waals surface area (Å²) in [5, 5.41) is 12.8. The zero-order valence-corrected chi connectivity index (χ0v) is 59.2. The number of hydrogen-bond donors (Lipinski definition) is 4. The summed E-state index contributed by atoms with van der Waals surface area (Å²) >= 11 is 0. The zero-order chi connectivity index (χ0) is 75.8. The molecule has 7 rings (SSSR count). The van der Waals surface area contributed by atoms with Gasteiger partial charge in [0.2, 0.25) is 23.0 Å². The molecular weight excluding hydrogens is 1350 g/mol. The number of nitrogens with one attached hydrogen (secondary N) is 4. The number of carbonyl (C=O) groups excluding carboxylic acids is 4. The van der Waals surface area contributed by atoms with Crippen molar-refractivity contribution in [2.24, 2.45) is 0 Å². The van der Waals surface area contributed by atoms with Gasteiger partial charge in [-0.2, -0.15) is 26.3 Å². The summed E-state index contributed by atoms with van der Waals surface area (Å²) in [6, 6.07) is 38.3. The highest BCUT2D eigenvalue weighted by Crippen LogP contribution is 2.47. The minimum atomic E-state index is -5.22. The Bertz CT molecular complexity index is 3950. The van der Waals surface area contributed by atoms with E-state index in [0.717, 1.165) is 23.3 Å². The lowest BCUT2D eigenvalue weighted by molar-refractivity contribution is -0.295. The second-order valence-electron chi connectivity index (χ2n) is 25.6. The number of amides is 4. The number of alkyl halides is 6. The van der Waals surface area contributed by atoms with Gasteiger partial charge in [-0.3, -0.25) is 31.1 Å². The molecule has 3 aromatic heterocycles. The van der Waals surface area contributed by atoms with Crippen molar-refractivity contribution in [3.63, 3.8) is 0 Å². The van der Waals surface area contributed by atoms with Crippen LogP contribution in [0.5, 0.6) is 11.8 Å². The van der Waals surface area contributed by atoms with E-state index in [1.807, 2.05) is 71.5 Å². The molecule has 0 aliphatic heterocycles. The normalized spacial score (nSPS) is 14.0.